The summed E-state index contributed by atoms with van der Waals surface area (Å²) in [5.74, 6) is -1.36. The lowest BCUT2D eigenvalue weighted by atomic mass is 9.97. The van der Waals surface area contributed by atoms with Crippen molar-refractivity contribution in [1.29, 1.82) is 5.26 Å². The summed E-state index contributed by atoms with van der Waals surface area (Å²) in [6.45, 7) is 0.907. The van der Waals surface area contributed by atoms with Gasteiger partial charge < -0.3 is 15.3 Å². The standard InChI is InChI=1S/C23H30ClN5O5S/c24-19-7-5-17(6-8-19)20(15-30)26-22(31)21-4-2-10-29(21)23(32)18-3-1-9-27(14-18)35(33,34)28-12-16(11-25)13-28/h5-8,16,18,20-21,30H,1-4,9-10,12-15H2,(H,26,31)/t18-,20+,21+/m0/s1. The summed E-state index contributed by atoms with van der Waals surface area (Å²) in [6, 6.07) is 7.61. The first-order chi connectivity index (χ1) is 16.7. The number of rotatable bonds is 7. The van der Waals surface area contributed by atoms with Gasteiger partial charge in [0.15, 0.2) is 0 Å². The molecule has 3 heterocycles. The molecule has 0 bridgehead atoms. The highest BCUT2D eigenvalue weighted by atomic mass is 35.5. The van der Waals surface area contributed by atoms with E-state index in [-0.39, 0.29) is 44.0 Å². The third-order valence-corrected chi connectivity index (χ3v) is 9.21. The molecule has 0 unspecified atom stereocenters. The van der Waals surface area contributed by atoms with Crippen LogP contribution in [0.5, 0.6) is 0 Å². The number of aliphatic hydroxyl groups is 1. The first-order valence-electron chi connectivity index (χ1n) is 11.9. The molecule has 190 valence electrons. The first-order valence-corrected chi connectivity index (χ1v) is 13.6. The van der Waals surface area contributed by atoms with E-state index in [2.05, 4.69) is 11.4 Å². The fraction of sp³-hybridized carbons (Fsp3) is 0.609. The van der Waals surface area contributed by atoms with E-state index >= 15 is 0 Å². The van der Waals surface area contributed by atoms with Crippen LogP contribution in [0.1, 0.15) is 37.3 Å². The summed E-state index contributed by atoms with van der Waals surface area (Å²) in [6.07, 6.45) is 2.29. The van der Waals surface area contributed by atoms with Crippen molar-refractivity contribution in [2.75, 3.05) is 39.3 Å². The fourth-order valence-electron chi connectivity index (χ4n) is 4.96. The number of amides is 2. The number of carbonyl (C=O) groups excluding carboxylic acids is 2. The zero-order valence-corrected chi connectivity index (χ0v) is 20.9. The van der Waals surface area contributed by atoms with Crippen LogP contribution >= 0.6 is 11.6 Å². The number of carbonyl (C=O) groups is 2. The quantitative estimate of drug-likeness (QED) is 0.545. The Morgan fingerprint density at radius 1 is 1.11 bits per heavy atom. The molecule has 0 spiro atoms. The van der Waals surface area contributed by atoms with Gasteiger partial charge in [0.1, 0.15) is 6.04 Å². The highest BCUT2D eigenvalue weighted by Gasteiger charge is 2.44. The third kappa shape index (κ3) is 5.47. The van der Waals surface area contributed by atoms with Gasteiger partial charge in [0.05, 0.1) is 30.6 Å². The zero-order chi connectivity index (χ0) is 25.2. The van der Waals surface area contributed by atoms with E-state index in [4.69, 9.17) is 16.9 Å². The maximum atomic E-state index is 13.4. The average molecular weight is 524 g/mol. The van der Waals surface area contributed by atoms with Crippen molar-refractivity contribution in [3.63, 3.8) is 0 Å². The molecule has 2 amide bonds. The summed E-state index contributed by atoms with van der Waals surface area (Å²) >= 11 is 5.93. The van der Waals surface area contributed by atoms with E-state index in [9.17, 15) is 23.1 Å². The van der Waals surface area contributed by atoms with Gasteiger partial charge in [0, 0.05) is 37.7 Å². The Labute approximate surface area is 210 Å². The second kappa shape index (κ2) is 10.8. The molecule has 3 aliphatic rings. The van der Waals surface area contributed by atoms with Gasteiger partial charge in [-0.2, -0.15) is 22.3 Å². The van der Waals surface area contributed by atoms with Crippen LogP contribution in [0.25, 0.3) is 0 Å². The van der Waals surface area contributed by atoms with Gasteiger partial charge >= 0.3 is 0 Å². The van der Waals surface area contributed by atoms with E-state index in [1.165, 1.54) is 8.61 Å². The van der Waals surface area contributed by atoms with E-state index in [0.717, 1.165) is 0 Å². The smallest absolute Gasteiger partial charge is 0.282 e. The Balaban J connectivity index is 1.39. The maximum Gasteiger partial charge on any atom is 0.282 e. The summed E-state index contributed by atoms with van der Waals surface area (Å²) in [4.78, 5) is 28.1. The molecule has 3 aliphatic heterocycles. The fourth-order valence-corrected chi connectivity index (χ4v) is 6.88. The molecule has 1 aromatic rings. The normalized spacial score (nSPS) is 25.0. The van der Waals surface area contributed by atoms with Gasteiger partial charge in [-0.1, -0.05) is 23.7 Å². The molecule has 0 aromatic heterocycles. The lowest BCUT2D eigenvalue weighted by Gasteiger charge is -2.41. The van der Waals surface area contributed by atoms with E-state index in [1.807, 2.05) is 0 Å². The molecular weight excluding hydrogens is 494 g/mol. The predicted octanol–water partition coefficient (Wildman–Crippen LogP) is 0.893. The molecule has 12 heteroatoms. The topological polar surface area (TPSA) is 134 Å². The molecule has 4 rings (SSSR count). The number of nitrogens with one attached hydrogen (secondary N) is 1. The van der Waals surface area contributed by atoms with Crippen molar-refractivity contribution >= 4 is 33.6 Å². The molecule has 0 saturated carbocycles. The SMILES string of the molecule is N#CC1CN(S(=O)(=O)N2CCC[C@H](C(=O)N3CCC[C@@H]3C(=O)N[C@H](CO)c3ccc(Cl)cc3)C2)C1. The molecular formula is C23H30ClN5O5S. The van der Waals surface area contributed by atoms with Crippen LogP contribution in [0.2, 0.25) is 5.02 Å². The minimum Gasteiger partial charge on any atom is -0.394 e. The van der Waals surface area contributed by atoms with E-state index in [0.29, 0.717) is 49.4 Å². The number of nitrogens with zero attached hydrogens (tertiary/aromatic N) is 4. The Bertz CT molecular complexity index is 1090. The summed E-state index contributed by atoms with van der Waals surface area (Å²) < 4.78 is 28.5. The lowest BCUT2D eigenvalue weighted by molar-refractivity contribution is -0.142. The van der Waals surface area contributed by atoms with Crippen molar-refractivity contribution in [2.45, 2.75) is 37.8 Å². The average Bonchev–Trinajstić information content (AvgIpc) is 3.32. The van der Waals surface area contributed by atoms with Crippen molar-refractivity contribution < 1.29 is 23.1 Å². The highest BCUT2D eigenvalue weighted by Crippen LogP contribution is 2.29. The maximum absolute atomic E-state index is 13.4. The minimum absolute atomic E-state index is 0.0732. The summed E-state index contributed by atoms with van der Waals surface area (Å²) in [7, 11) is -3.71. The van der Waals surface area contributed by atoms with Gasteiger partial charge in [-0.05, 0) is 43.4 Å². The van der Waals surface area contributed by atoms with Crippen LogP contribution in [-0.2, 0) is 19.8 Å². The van der Waals surface area contributed by atoms with Crippen molar-refractivity contribution in [1.82, 2.24) is 18.8 Å². The van der Waals surface area contributed by atoms with Gasteiger partial charge in [-0.15, -0.1) is 0 Å². The zero-order valence-electron chi connectivity index (χ0n) is 19.3. The van der Waals surface area contributed by atoms with Gasteiger partial charge in [-0.3, -0.25) is 9.59 Å². The number of hydrogen-bond acceptors (Lipinski definition) is 6. The molecule has 3 atom stereocenters. The third-order valence-electron chi connectivity index (χ3n) is 7.03. The number of aliphatic hydroxyl groups excluding tert-OH is 1. The highest BCUT2D eigenvalue weighted by molar-refractivity contribution is 7.86. The molecule has 10 nitrogen and oxygen atoms in total. The van der Waals surface area contributed by atoms with E-state index < -0.39 is 28.2 Å². The first kappa shape index (κ1) is 25.9. The minimum atomic E-state index is -3.71. The Hall–Kier alpha value is -2.23. The molecule has 3 fully saturated rings. The van der Waals surface area contributed by atoms with Crippen molar-refractivity contribution in [3.8, 4) is 6.07 Å². The lowest BCUT2D eigenvalue weighted by Crippen LogP contribution is -2.57. The molecule has 35 heavy (non-hydrogen) atoms. The molecule has 0 radical (unpaired) electrons. The monoisotopic (exact) mass is 523 g/mol. The number of hydrogen-bond donors (Lipinski definition) is 2. The molecule has 0 aliphatic carbocycles. The number of likely N-dealkylation sites (tertiary alicyclic amines) is 1. The second-order valence-corrected chi connectivity index (χ2v) is 11.7. The number of nitriles is 1. The van der Waals surface area contributed by atoms with Crippen LogP contribution in [-0.4, -0.2) is 84.2 Å². The molecule has 1 aromatic carbocycles. The van der Waals surface area contributed by atoms with Crippen LogP contribution in [0.3, 0.4) is 0 Å². The van der Waals surface area contributed by atoms with Crippen LogP contribution < -0.4 is 5.32 Å². The van der Waals surface area contributed by atoms with Gasteiger partial charge in [0.2, 0.25) is 11.8 Å². The molecule has 3 saturated heterocycles. The molecule has 2 N–H and O–H groups in total. The summed E-state index contributed by atoms with van der Waals surface area (Å²) in [5, 5.41) is 22.1. The Kier molecular flexibility index (Phi) is 7.98. The predicted molar refractivity (Wildman–Crippen MR) is 128 cm³/mol. The van der Waals surface area contributed by atoms with Crippen LogP contribution in [0.15, 0.2) is 24.3 Å². The number of piperidine rings is 1. The van der Waals surface area contributed by atoms with Crippen molar-refractivity contribution in [2.24, 2.45) is 11.8 Å². The number of benzene rings is 1. The van der Waals surface area contributed by atoms with Crippen LogP contribution in [0.4, 0.5) is 0 Å². The Morgan fingerprint density at radius 3 is 2.46 bits per heavy atom. The van der Waals surface area contributed by atoms with Crippen molar-refractivity contribution in [3.05, 3.63) is 34.9 Å². The second-order valence-electron chi connectivity index (χ2n) is 9.33. The van der Waals surface area contributed by atoms with Gasteiger partial charge in [-0.25, -0.2) is 0 Å². The largest absolute Gasteiger partial charge is 0.394 e. The van der Waals surface area contributed by atoms with E-state index in [1.54, 1.807) is 29.2 Å². The summed E-state index contributed by atoms with van der Waals surface area (Å²) in [5.41, 5.74) is 0.707. The van der Waals surface area contributed by atoms with Crippen LogP contribution in [0, 0.1) is 23.2 Å². The number of halogens is 1. The Morgan fingerprint density at radius 2 is 1.80 bits per heavy atom. The van der Waals surface area contributed by atoms with Gasteiger partial charge in [0.25, 0.3) is 10.2 Å².